The summed E-state index contributed by atoms with van der Waals surface area (Å²) in [6, 6.07) is 0.719. The topological polar surface area (TPSA) is 15.3 Å². The van der Waals surface area contributed by atoms with Gasteiger partial charge in [0, 0.05) is 6.04 Å². The minimum absolute atomic E-state index is 0.719. The third-order valence-electron chi connectivity index (χ3n) is 5.62. The van der Waals surface area contributed by atoms with E-state index in [2.05, 4.69) is 31.0 Å². The van der Waals surface area contributed by atoms with Gasteiger partial charge >= 0.3 is 0 Å². The lowest BCUT2D eigenvalue weighted by Crippen LogP contribution is -2.43. The van der Waals surface area contributed by atoms with Gasteiger partial charge in [0.25, 0.3) is 0 Å². The Balaban J connectivity index is 1.65. The molecular weight excluding hydrogens is 232 g/mol. The van der Waals surface area contributed by atoms with Crippen LogP contribution >= 0.6 is 0 Å². The zero-order valence-electron chi connectivity index (χ0n) is 13.3. The summed E-state index contributed by atoms with van der Waals surface area (Å²) in [6.07, 6.45) is 8.46. The molecule has 0 aromatic carbocycles. The molecule has 0 spiro atoms. The van der Waals surface area contributed by atoms with Crippen LogP contribution in [0.25, 0.3) is 0 Å². The van der Waals surface area contributed by atoms with E-state index in [1.54, 1.807) is 0 Å². The van der Waals surface area contributed by atoms with Crippen molar-refractivity contribution < 1.29 is 0 Å². The largest absolute Gasteiger partial charge is 0.314 e. The van der Waals surface area contributed by atoms with Gasteiger partial charge in [-0.2, -0.15) is 0 Å². The Bertz CT molecular complexity index is 246. The Labute approximate surface area is 120 Å². The van der Waals surface area contributed by atoms with Gasteiger partial charge in [-0.3, -0.25) is 0 Å². The number of nitrogens with one attached hydrogen (secondary N) is 1. The van der Waals surface area contributed by atoms with Gasteiger partial charge in [0.05, 0.1) is 0 Å². The predicted octanol–water partition coefficient (Wildman–Crippen LogP) is 3.52. The standard InChI is InChI=1S/C17H34N2/c1-4-10-19-11-8-16(9-12-19)15(3)18-13-17-7-5-6-14(17)2/h14-18H,4-13H2,1-3H3. The molecule has 1 aliphatic carbocycles. The fourth-order valence-electron chi connectivity index (χ4n) is 4.02. The van der Waals surface area contributed by atoms with Crippen LogP contribution in [0.4, 0.5) is 0 Å². The molecule has 0 aromatic heterocycles. The second-order valence-electron chi connectivity index (χ2n) is 7.04. The Morgan fingerprint density at radius 1 is 1.16 bits per heavy atom. The normalized spacial score (nSPS) is 31.7. The maximum absolute atomic E-state index is 3.85. The maximum Gasteiger partial charge on any atom is 0.00680 e. The van der Waals surface area contributed by atoms with Gasteiger partial charge in [0.2, 0.25) is 0 Å². The van der Waals surface area contributed by atoms with Gasteiger partial charge in [-0.15, -0.1) is 0 Å². The van der Waals surface area contributed by atoms with Crippen LogP contribution in [0.15, 0.2) is 0 Å². The van der Waals surface area contributed by atoms with E-state index in [0.717, 1.165) is 23.8 Å². The molecule has 3 unspecified atom stereocenters. The Morgan fingerprint density at radius 2 is 1.89 bits per heavy atom. The molecule has 1 saturated carbocycles. The molecule has 1 saturated heterocycles. The van der Waals surface area contributed by atoms with E-state index in [-0.39, 0.29) is 0 Å². The van der Waals surface area contributed by atoms with Crippen LogP contribution in [0, 0.1) is 17.8 Å². The second-order valence-corrected chi connectivity index (χ2v) is 7.04. The summed E-state index contributed by atoms with van der Waals surface area (Å²) in [7, 11) is 0. The molecule has 2 fully saturated rings. The zero-order chi connectivity index (χ0) is 13.7. The van der Waals surface area contributed by atoms with Crippen molar-refractivity contribution in [2.45, 2.75) is 65.3 Å². The van der Waals surface area contributed by atoms with Crippen molar-refractivity contribution in [2.75, 3.05) is 26.2 Å². The summed E-state index contributed by atoms with van der Waals surface area (Å²) >= 11 is 0. The Morgan fingerprint density at radius 3 is 2.47 bits per heavy atom. The molecule has 112 valence electrons. The fraction of sp³-hybridized carbons (Fsp3) is 1.00. The van der Waals surface area contributed by atoms with Crippen LogP contribution in [0.5, 0.6) is 0 Å². The van der Waals surface area contributed by atoms with Crippen LogP contribution in [-0.4, -0.2) is 37.1 Å². The molecule has 2 rings (SSSR count). The highest BCUT2D eigenvalue weighted by Gasteiger charge is 2.26. The summed E-state index contributed by atoms with van der Waals surface area (Å²) in [5.41, 5.74) is 0. The third kappa shape index (κ3) is 4.46. The van der Waals surface area contributed by atoms with E-state index in [0.29, 0.717) is 0 Å². The van der Waals surface area contributed by atoms with E-state index in [1.807, 2.05) is 0 Å². The third-order valence-corrected chi connectivity index (χ3v) is 5.62. The van der Waals surface area contributed by atoms with E-state index in [9.17, 15) is 0 Å². The molecule has 1 heterocycles. The van der Waals surface area contributed by atoms with Crippen molar-refractivity contribution in [3.63, 3.8) is 0 Å². The lowest BCUT2D eigenvalue weighted by Gasteiger charge is -2.35. The molecule has 19 heavy (non-hydrogen) atoms. The fourth-order valence-corrected chi connectivity index (χ4v) is 4.02. The molecule has 0 aromatic rings. The van der Waals surface area contributed by atoms with Crippen molar-refractivity contribution in [1.82, 2.24) is 10.2 Å². The van der Waals surface area contributed by atoms with Gasteiger partial charge < -0.3 is 10.2 Å². The zero-order valence-corrected chi connectivity index (χ0v) is 13.3. The summed E-state index contributed by atoms with van der Waals surface area (Å²) in [5.74, 6) is 2.80. The van der Waals surface area contributed by atoms with Crippen LogP contribution in [0.1, 0.15) is 59.3 Å². The quantitative estimate of drug-likeness (QED) is 0.791. The highest BCUT2D eigenvalue weighted by Crippen LogP contribution is 2.31. The molecule has 1 N–H and O–H groups in total. The molecule has 2 nitrogen and oxygen atoms in total. The predicted molar refractivity (Wildman–Crippen MR) is 83.4 cm³/mol. The van der Waals surface area contributed by atoms with E-state index >= 15 is 0 Å². The number of hydrogen-bond donors (Lipinski definition) is 1. The highest BCUT2D eigenvalue weighted by molar-refractivity contribution is 4.82. The monoisotopic (exact) mass is 266 g/mol. The summed E-state index contributed by atoms with van der Waals surface area (Å²) in [6.45, 7) is 12.4. The number of piperidine rings is 1. The first-order chi connectivity index (χ1) is 9.20. The minimum atomic E-state index is 0.719. The van der Waals surface area contributed by atoms with Crippen molar-refractivity contribution in [2.24, 2.45) is 17.8 Å². The van der Waals surface area contributed by atoms with E-state index < -0.39 is 0 Å². The van der Waals surface area contributed by atoms with E-state index in [4.69, 9.17) is 0 Å². The molecule has 0 bridgehead atoms. The van der Waals surface area contributed by atoms with Crippen molar-refractivity contribution in [3.05, 3.63) is 0 Å². The first-order valence-electron chi connectivity index (χ1n) is 8.66. The highest BCUT2D eigenvalue weighted by atomic mass is 15.1. The van der Waals surface area contributed by atoms with Gasteiger partial charge in [-0.25, -0.2) is 0 Å². The summed E-state index contributed by atoms with van der Waals surface area (Å²) in [4.78, 5) is 2.64. The number of likely N-dealkylation sites (tertiary alicyclic amines) is 1. The van der Waals surface area contributed by atoms with Gasteiger partial charge in [0.15, 0.2) is 0 Å². The van der Waals surface area contributed by atoms with Crippen molar-refractivity contribution >= 4 is 0 Å². The smallest absolute Gasteiger partial charge is 0.00680 e. The SMILES string of the molecule is CCCN1CCC(C(C)NCC2CCCC2C)CC1. The number of nitrogens with zero attached hydrogens (tertiary/aromatic N) is 1. The Kier molecular flexibility index (Phi) is 6.15. The summed E-state index contributed by atoms with van der Waals surface area (Å²) < 4.78 is 0. The van der Waals surface area contributed by atoms with Crippen LogP contribution in [0.3, 0.4) is 0 Å². The molecular formula is C17H34N2. The van der Waals surface area contributed by atoms with Crippen LogP contribution in [-0.2, 0) is 0 Å². The first kappa shape index (κ1) is 15.3. The number of hydrogen-bond acceptors (Lipinski definition) is 2. The molecule has 0 amide bonds. The second kappa shape index (κ2) is 7.64. The molecule has 2 heteroatoms. The molecule has 1 aliphatic heterocycles. The molecule has 3 atom stereocenters. The van der Waals surface area contributed by atoms with Crippen molar-refractivity contribution in [1.29, 1.82) is 0 Å². The minimum Gasteiger partial charge on any atom is -0.314 e. The molecule has 0 radical (unpaired) electrons. The molecule has 2 aliphatic rings. The van der Waals surface area contributed by atoms with Gasteiger partial charge in [-0.05, 0) is 76.5 Å². The van der Waals surface area contributed by atoms with Crippen LogP contribution < -0.4 is 5.32 Å². The summed E-state index contributed by atoms with van der Waals surface area (Å²) in [5, 5.41) is 3.85. The lowest BCUT2D eigenvalue weighted by atomic mass is 9.89. The van der Waals surface area contributed by atoms with Gasteiger partial charge in [-0.1, -0.05) is 26.7 Å². The number of rotatable bonds is 6. The first-order valence-corrected chi connectivity index (χ1v) is 8.66. The average Bonchev–Trinajstić information content (AvgIpc) is 2.83. The van der Waals surface area contributed by atoms with Crippen molar-refractivity contribution in [3.8, 4) is 0 Å². The lowest BCUT2D eigenvalue weighted by molar-refractivity contribution is 0.160. The average molecular weight is 266 g/mol. The van der Waals surface area contributed by atoms with E-state index in [1.165, 1.54) is 64.7 Å². The maximum atomic E-state index is 3.85. The Hall–Kier alpha value is -0.0800. The van der Waals surface area contributed by atoms with Crippen LogP contribution in [0.2, 0.25) is 0 Å². The van der Waals surface area contributed by atoms with Gasteiger partial charge in [0.1, 0.15) is 0 Å².